The van der Waals surface area contributed by atoms with Crippen LogP contribution in [0.3, 0.4) is 0 Å². The Morgan fingerprint density at radius 1 is 0.645 bits per heavy atom. The Hall–Kier alpha value is -4.62. The van der Waals surface area contributed by atoms with Crippen molar-refractivity contribution in [3.05, 3.63) is 93.0 Å². The molecule has 0 aliphatic heterocycles. The summed E-state index contributed by atoms with van der Waals surface area (Å²) >= 11 is 3.37. The number of aromatic nitrogens is 2. The monoisotopic (exact) mass is 952 g/mol. The number of hydrogen-bond donors (Lipinski definition) is 4. The van der Waals surface area contributed by atoms with Gasteiger partial charge >= 0.3 is 7.12 Å². The topological polar surface area (TPSA) is 203 Å². The summed E-state index contributed by atoms with van der Waals surface area (Å²) in [6, 6.07) is 18.3. The van der Waals surface area contributed by atoms with Gasteiger partial charge in [0.25, 0.3) is 20.0 Å². The van der Waals surface area contributed by atoms with Gasteiger partial charge < -0.3 is 28.6 Å². The molecule has 0 atom stereocenters. The normalized spacial score (nSPS) is 15.6. The number of rotatable bonds is 10. The highest BCUT2D eigenvalue weighted by molar-refractivity contribution is 9.10. The summed E-state index contributed by atoms with van der Waals surface area (Å²) in [5.74, 6) is 1.85. The van der Waals surface area contributed by atoms with Gasteiger partial charge in [-0.15, -0.1) is 0 Å². The fraction of sp³-hybridized carbons (Fsp3) is 0.409. The minimum Gasteiger partial charge on any atom is -0.495 e. The summed E-state index contributed by atoms with van der Waals surface area (Å²) in [7, 11) is -5.80. The summed E-state index contributed by atoms with van der Waals surface area (Å²) in [4.78, 5) is 0.261. The first kappa shape index (κ1) is 46.9. The minimum atomic E-state index is -3.88. The Balaban J connectivity index is 0.000000177. The third-order valence-electron chi connectivity index (χ3n) is 11.3. The van der Waals surface area contributed by atoms with Crippen molar-refractivity contribution in [2.45, 2.75) is 113 Å². The van der Waals surface area contributed by atoms with E-state index in [1.165, 1.54) is 38.2 Å². The number of methoxy groups -OCH3 is 2. The number of anilines is 2. The molecule has 2 fully saturated rings. The van der Waals surface area contributed by atoms with Crippen LogP contribution in [0.1, 0.15) is 100.0 Å². The molecule has 2 heterocycles. The molecule has 0 amide bonds. The van der Waals surface area contributed by atoms with Crippen molar-refractivity contribution in [1.82, 2.24) is 10.3 Å². The molecule has 10 rings (SSSR count). The Labute approximate surface area is 372 Å². The molecular formula is C44H54BBrN4O10S2. The number of fused-ring (bicyclic) bond motifs is 4. The first-order valence-electron chi connectivity index (χ1n) is 20.1. The second kappa shape index (κ2) is 19.4. The van der Waals surface area contributed by atoms with Crippen LogP contribution in [0.15, 0.2) is 84.0 Å². The molecule has 2 saturated carbocycles. The molecule has 4 aliphatic carbocycles. The van der Waals surface area contributed by atoms with Crippen LogP contribution in [0, 0.1) is 0 Å². The number of ether oxygens (including phenoxy) is 2. The molecule has 0 saturated heterocycles. The predicted octanol–water partition coefficient (Wildman–Crippen LogP) is 9.57. The first-order valence-corrected chi connectivity index (χ1v) is 23.8. The van der Waals surface area contributed by atoms with E-state index in [4.69, 9.17) is 28.6 Å². The SMILES string of the molecule is C.C.COc1cc2c(cc1S(=O)(=O)Nc1noc3ccc(Br)cc13)CCCC2.COc1cc2c(cc1S(=O)(=O)Nc1noc3ccc(C4CC4)cc13)CCCC2.OB(O)C1CC1. The summed E-state index contributed by atoms with van der Waals surface area (Å²) in [5, 5.41) is 25.6. The number of benzene rings is 4. The van der Waals surface area contributed by atoms with Crippen molar-refractivity contribution in [3.63, 3.8) is 0 Å². The van der Waals surface area contributed by atoms with Crippen LogP contribution in [-0.4, -0.2) is 58.5 Å². The molecular weight excluding hydrogens is 899 g/mol. The van der Waals surface area contributed by atoms with E-state index in [2.05, 4.69) is 35.7 Å². The zero-order chi connectivity index (χ0) is 42.2. The maximum Gasteiger partial charge on any atom is 0.454 e. The lowest BCUT2D eigenvalue weighted by molar-refractivity contribution is 0.401. The smallest absolute Gasteiger partial charge is 0.454 e. The molecule has 0 spiro atoms. The van der Waals surface area contributed by atoms with E-state index >= 15 is 0 Å². The molecule has 0 bridgehead atoms. The van der Waals surface area contributed by atoms with Crippen LogP contribution in [-0.2, 0) is 45.7 Å². The number of aryl methyl sites for hydroxylation is 4. The Morgan fingerprint density at radius 2 is 1.08 bits per heavy atom. The lowest BCUT2D eigenvalue weighted by Crippen LogP contribution is -2.16. The van der Waals surface area contributed by atoms with Crippen molar-refractivity contribution in [3.8, 4) is 11.5 Å². The molecule has 62 heavy (non-hydrogen) atoms. The molecule has 332 valence electrons. The van der Waals surface area contributed by atoms with Gasteiger partial charge in [-0.05, 0) is 158 Å². The molecule has 4 aliphatic rings. The van der Waals surface area contributed by atoms with Gasteiger partial charge in [-0.3, -0.25) is 9.44 Å². The van der Waals surface area contributed by atoms with Crippen LogP contribution >= 0.6 is 15.9 Å². The highest BCUT2D eigenvalue weighted by atomic mass is 79.9. The number of hydrogen-bond acceptors (Lipinski definition) is 12. The maximum absolute atomic E-state index is 13.2. The third kappa shape index (κ3) is 10.4. The van der Waals surface area contributed by atoms with E-state index in [1.807, 2.05) is 30.3 Å². The van der Waals surface area contributed by atoms with Crippen molar-refractivity contribution >= 4 is 76.7 Å². The zero-order valence-corrected chi connectivity index (χ0v) is 36.5. The van der Waals surface area contributed by atoms with Crippen LogP contribution in [0.2, 0.25) is 5.82 Å². The van der Waals surface area contributed by atoms with Gasteiger partial charge in [0.15, 0.2) is 22.8 Å². The van der Waals surface area contributed by atoms with Gasteiger partial charge in [0.1, 0.15) is 21.3 Å². The average molecular weight is 954 g/mol. The molecule has 4 aromatic carbocycles. The highest BCUT2D eigenvalue weighted by Gasteiger charge is 2.33. The fourth-order valence-corrected chi connectivity index (χ4v) is 10.5. The van der Waals surface area contributed by atoms with Crippen LogP contribution < -0.4 is 18.9 Å². The van der Waals surface area contributed by atoms with E-state index < -0.39 is 27.2 Å². The van der Waals surface area contributed by atoms with Gasteiger partial charge in [-0.1, -0.05) is 60.0 Å². The Kier molecular flexibility index (Phi) is 14.7. The predicted molar refractivity (Wildman–Crippen MR) is 245 cm³/mol. The number of nitrogens with one attached hydrogen (secondary N) is 2. The Morgan fingerprint density at radius 3 is 1.48 bits per heavy atom. The summed E-state index contributed by atoms with van der Waals surface area (Å²) in [6.07, 6.45) is 12.4. The van der Waals surface area contributed by atoms with Crippen molar-refractivity contribution in [1.29, 1.82) is 0 Å². The second-order valence-electron chi connectivity index (χ2n) is 15.7. The molecule has 14 nitrogen and oxygen atoms in total. The lowest BCUT2D eigenvalue weighted by atomic mass is 9.84. The van der Waals surface area contributed by atoms with Crippen LogP contribution in [0.25, 0.3) is 21.9 Å². The quantitative estimate of drug-likeness (QED) is 0.0949. The van der Waals surface area contributed by atoms with E-state index in [9.17, 15) is 16.8 Å². The molecule has 2 aromatic heterocycles. The van der Waals surface area contributed by atoms with Gasteiger partial charge in [-0.25, -0.2) is 16.8 Å². The molecule has 4 N–H and O–H groups in total. The van der Waals surface area contributed by atoms with Crippen molar-refractivity contribution in [2.24, 2.45) is 0 Å². The largest absolute Gasteiger partial charge is 0.495 e. The fourth-order valence-electron chi connectivity index (χ4n) is 7.66. The van der Waals surface area contributed by atoms with Gasteiger partial charge in [0.05, 0.1) is 25.0 Å². The van der Waals surface area contributed by atoms with E-state index in [0.29, 0.717) is 39.4 Å². The van der Waals surface area contributed by atoms with E-state index in [1.54, 1.807) is 30.3 Å². The molecule has 0 unspecified atom stereocenters. The summed E-state index contributed by atoms with van der Waals surface area (Å²) < 4.78 is 79.6. The first-order chi connectivity index (χ1) is 28.8. The number of nitrogens with zero attached hydrogens (tertiary/aromatic N) is 2. The molecule has 6 aromatic rings. The van der Waals surface area contributed by atoms with Gasteiger partial charge in [0, 0.05) is 4.47 Å². The lowest BCUT2D eigenvalue weighted by Gasteiger charge is -2.19. The van der Waals surface area contributed by atoms with Crippen LogP contribution in [0.5, 0.6) is 11.5 Å². The maximum atomic E-state index is 13.2. The highest BCUT2D eigenvalue weighted by Crippen LogP contribution is 2.42. The van der Waals surface area contributed by atoms with Gasteiger partial charge in [0.2, 0.25) is 0 Å². The van der Waals surface area contributed by atoms with E-state index in [-0.39, 0.29) is 42.1 Å². The van der Waals surface area contributed by atoms with Gasteiger partial charge in [-0.2, -0.15) is 0 Å². The third-order valence-corrected chi connectivity index (χ3v) is 14.5. The average Bonchev–Trinajstić information content (AvgIpc) is 4.20. The Bertz CT molecular complexity index is 2770. The summed E-state index contributed by atoms with van der Waals surface area (Å²) in [6.45, 7) is 0. The van der Waals surface area contributed by atoms with Crippen molar-refractivity contribution < 1.29 is 45.4 Å². The van der Waals surface area contributed by atoms with Crippen LogP contribution in [0.4, 0.5) is 11.6 Å². The molecule has 18 heteroatoms. The standard InChI is InChI=1S/C21H22N2O4S.C18H17BrN2O4S.C3H7BO2.2CH4/c1-26-19-11-14-4-2-3-5-15(14)12-20(19)28(24,25)23-21-17-10-16(13-6-7-13)8-9-18(17)27-22-21;1-24-16-8-11-4-2-3-5-12(11)9-17(16)26(22,23)21-18-14-10-13(19)6-7-15(14)25-20-18;5-4(6)3-1-2-3;;/h8-13H,2-7H2,1H3,(H,22,23);6-10H,2-5H2,1H3,(H,20,21);3,5-6H,1-2H2;2*1H4. The zero-order valence-electron chi connectivity index (χ0n) is 33.2. The number of halogens is 1. The minimum absolute atomic E-state index is 0. The summed E-state index contributed by atoms with van der Waals surface area (Å²) in [5.41, 5.74) is 6.73. The van der Waals surface area contributed by atoms with Crippen molar-refractivity contribution in [2.75, 3.05) is 23.7 Å². The van der Waals surface area contributed by atoms with E-state index in [0.717, 1.165) is 85.4 Å². The number of sulfonamides is 2. The second-order valence-corrected chi connectivity index (χ2v) is 19.9. The molecule has 0 radical (unpaired) electrons.